The van der Waals surface area contributed by atoms with Gasteiger partial charge in [-0.25, -0.2) is 17.5 Å². The summed E-state index contributed by atoms with van der Waals surface area (Å²) in [7, 11) is 0.744. The smallest absolute Gasteiger partial charge is 0.338 e. The van der Waals surface area contributed by atoms with E-state index in [1.807, 2.05) is 0 Å². The largest absolute Gasteiger partial charge is 0.452 e. The first-order valence-electron chi connectivity index (χ1n) is 9.79. The Morgan fingerprint density at radius 2 is 1.97 bits per heavy atom. The summed E-state index contributed by atoms with van der Waals surface area (Å²) in [4.78, 5) is 35.7. The number of esters is 1. The Kier molecular flexibility index (Phi) is 7.83. The Bertz CT molecular complexity index is 1390. The van der Waals surface area contributed by atoms with Gasteiger partial charge in [0.25, 0.3) is 11.6 Å². The average molecular weight is 521 g/mol. The van der Waals surface area contributed by atoms with Crippen molar-refractivity contribution in [1.82, 2.24) is 19.1 Å². The second kappa shape index (κ2) is 10.6. The van der Waals surface area contributed by atoms with Crippen LogP contribution < -0.4 is 5.32 Å². The molecule has 0 aliphatic rings. The fourth-order valence-corrected chi connectivity index (χ4v) is 4.49. The molecule has 0 bridgehead atoms. The van der Waals surface area contributed by atoms with E-state index in [-0.39, 0.29) is 26.7 Å². The van der Waals surface area contributed by atoms with Crippen LogP contribution in [0.4, 0.5) is 11.4 Å². The third-order valence-corrected chi connectivity index (χ3v) is 7.42. The standard InChI is InChI=1S/C20H20N6O7S2/c1-24(2)35(31,32)15-6-4-5-14(10-15)22-18(27)11-33-19(28)13-7-8-17(16(9-13)26(29)30)34-20-23-21-12-25(20)3/h4-10,12H,11H2,1-3H3,(H,22,27). The molecule has 0 aliphatic heterocycles. The van der Waals surface area contributed by atoms with Crippen LogP contribution in [-0.2, 0) is 26.6 Å². The molecule has 15 heteroatoms. The Morgan fingerprint density at radius 3 is 2.60 bits per heavy atom. The molecule has 0 atom stereocenters. The predicted molar refractivity (Wildman–Crippen MR) is 124 cm³/mol. The monoisotopic (exact) mass is 520 g/mol. The minimum absolute atomic E-state index is 0.0242. The van der Waals surface area contributed by atoms with Crippen LogP contribution >= 0.6 is 11.8 Å². The van der Waals surface area contributed by atoms with Crippen LogP contribution in [0.3, 0.4) is 0 Å². The van der Waals surface area contributed by atoms with Crippen molar-refractivity contribution in [1.29, 1.82) is 0 Å². The second-order valence-corrected chi connectivity index (χ2v) is 10.4. The normalized spacial score (nSPS) is 11.3. The highest BCUT2D eigenvalue weighted by molar-refractivity contribution is 7.99. The second-order valence-electron chi connectivity index (χ2n) is 7.21. The number of anilines is 1. The molecule has 0 saturated heterocycles. The van der Waals surface area contributed by atoms with Crippen LogP contribution in [0.25, 0.3) is 0 Å². The molecule has 3 aromatic rings. The van der Waals surface area contributed by atoms with Gasteiger partial charge in [0, 0.05) is 32.9 Å². The van der Waals surface area contributed by atoms with Crippen molar-refractivity contribution in [3.05, 3.63) is 64.5 Å². The number of amides is 1. The average Bonchev–Trinajstić information content (AvgIpc) is 3.21. The lowest BCUT2D eigenvalue weighted by Crippen LogP contribution is -2.23. The Labute approximate surface area is 204 Å². The molecule has 0 fully saturated rings. The van der Waals surface area contributed by atoms with Gasteiger partial charge in [-0.05, 0) is 42.1 Å². The van der Waals surface area contributed by atoms with Crippen molar-refractivity contribution in [3.8, 4) is 0 Å². The number of sulfonamides is 1. The maximum absolute atomic E-state index is 12.4. The lowest BCUT2D eigenvalue weighted by atomic mass is 10.2. The van der Waals surface area contributed by atoms with Crippen molar-refractivity contribution < 1.29 is 27.7 Å². The summed E-state index contributed by atoms with van der Waals surface area (Å²) in [6.07, 6.45) is 1.45. The fraction of sp³-hybridized carbons (Fsp3) is 0.200. The molecule has 0 aliphatic carbocycles. The van der Waals surface area contributed by atoms with Crippen molar-refractivity contribution >= 4 is 45.0 Å². The molecular weight excluding hydrogens is 500 g/mol. The van der Waals surface area contributed by atoms with Crippen LogP contribution in [0.15, 0.2) is 63.7 Å². The Morgan fingerprint density at radius 1 is 1.23 bits per heavy atom. The number of nitro benzene ring substituents is 1. The van der Waals surface area contributed by atoms with E-state index < -0.39 is 33.4 Å². The van der Waals surface area contributed by atoms with Crippen molar-refractivity contribution in [2.45, 2.75) is 14.9 Å². The Balaban J connectivity index is 1.66. The third-order valence-electron chi connectivity index (χ3n) is 4.49. The summed E-state index contributed by atoms with van der Waals surface area (Å²) in [5.74, 6) is -1.66. The van der Waals surface area contributed by atoms with Gasteiger partial charge < -0.3 is 14.6 Å². The number of nitro groups is 1. The van der Waals surface area contributed by atoms with Gasteiger partial charge in [-0.3, -0.25) is 14.9 Å². The van der Waals surface area contributed by atoms with Crippen molar-refractivity contribution in [3.63, 3.8) is 0 Å². The molecule has 0 spiro atoms. The van der Waals surface area contributed by atoms with E-state index in [9.17, 15) is 28.1 Å². The van der Waals surface area contributed by atoms with Gasteiger partial charge in [0.1, 0.15) is 6.33 Å². The highest BCUT2D eigenvalue weighted by atomic mass is 32.2. The van der Waals surface area contributed by atoms with E-state index >= 15 is 0 Å². The molecule has 3 rings (SSSR count). The number of rotatable bonds is 9. The topological polar surface area (TPSA) is 167 Å². The molecule has 1 heterocycles. The first kappa shape index (κ1) is 25.8. The van der Waals surface area contributed by atoms with Crippen LogP contribution in [0.1, 0.15) is 10.4 Å². The van der Waals surface area contributed by atoms with Gasteiger partial charge in [0.2, 0.25) is 10.0 Å². The highest BCUT2D eigenvalue weighted by Crippen LogP contribution is 2.34. The van der Waals surface area contributed by atoms with Crippen LogP contribution in [0.2, 0.25) is 0 Å². The number of aryl methyl sites for hydroxylation is 1. The first-order valence-corrected chi connectivity index (χ1v) is 12.0. The van der Waals surface area contributed by atoms with Crippen LogP contribution in [0.5, 0.6) is 0 Å². The molecule has 0 radical (unpaired) electrons. The first-order chi connectivity index (χ1) is 16.5. The maximum atomic E-state index is 12.4. The van der Waals surface area contributed by atoms with E-state index in [1.165, 1.54) is 56.8 Å². The number of hydrogen-bond acceptors (Lipinski definition) is 10. The number of carbonyl (C=O) groups is 2. The minimum atomic E-state index is -3.70. The zero-order valence-electron chi connectivity index (χ0n) is 18.7. The number of aromatic nitrogens is 3. The van der Waals surface area contributed by atoms with Gasteiger partial charge >= 0.3 is 5.97 Å². The summed E-state index contributed by atoms with van der Waals surface area (Å²) < 4.78 is 32.0. The molecular formula is C20H20N6O7S2. The van der Waals surface area contributed by atoms with Gasteiger partial charge in [0.15, 0.2) is 11.8 Å². The minimum Gasteiger partial charge on any atom is -0.452 e. The van der Waals surface area contributed by atoms with E-state index in [2.05, 4.69) is 15.5 Å². The highest BCUT2D eigenvalue weighted by Gasteiger charge is 2.22. The molecule has 1 aromatic heterocycles. The third kappa shape index (κ3) is 6.20. The molecule has 2 aromatic carbocycles. The molecule has 35 heavy (non-hydrogen) atoms. The van der Waals surface area contributed by atoms with Crippen LogP contribution in [-0.4, -0.2) is 65.0 Å². The number of nitrogens with zero attached hydrogens (tertiary/aromatic N) is 5. The molecule has 184 valence electrons. The SMILES string of the molecule is CN(C)S(=O)(=O)c1cccc(NC(=O)COC(=O)c2ccc(Sc3nncn3C)c([N+](=O)[O-])c2)c1. The molecule has 1 amide bonds. The summed E-state index contributed by atoms with van der Waals surface area (Å²) >= 11 is 1.01. The number of ether oxygens (including phenoxy) is 1. The van der Waals surface area contributed by atoms with Gasteiger partial charge in [-0.2, -0.15) is 0 Å². The summed E-state index contributed by atoms with van der Waals surface area (Å²) in [5, 5.41) is 21.9. The quantitative estimate of drug-likeness (QED) is 0.250. The van der Waals surface area contributed by atoms with E-state index in [0.717, 1.165) is 22.1 Å². The van der Waals surface area contributed by atoms with Crippen LogP contribution in [0, 0.1) is 10.1 Å². The fourth-order valence-electron chi connectivity index (χ4n) is 2.69. The summed E-state index contributed by atoms with van der Waals surface area (Å²) in [6.45, 7) is -0.688. The van der Waals surface area contributed by atoms with E-state index in [4.69, 9.17) is 4.74 Å². The predicted octanol–water partition coefficient (Wildman–Crippen LogP) is 1.92. The molecule has 1 N–H and O–H groups in total. The maximum Gasteiger partial charge on any atom is 0.338 e. The van der Waals surface area contributed by atoms with E-state index in [0.29, 0.717) is 5.16 Å². The number of carbonyl (C=O) groups excluding carboxylic acids is 2. The summed E-state index contributed by atoms with van der Waals surface area (Å²) in [6, 6.07) is 9.35. The number of benzene rings is 2. The lowest BCUT2D eigenvalue weighted by molar-refractivity contribution is -0.387. The van der Waals surface area contributed by atoms with Gasteiger partial charge in [-0.1, -0.05) is 6.07 Å². The Hall–Kier alpha value is -3.82. The zero-order valence-corrected chi connectivity index (χ0v) is 20.4. The number of hydrogen-bond donors (Lipinski definition) is 1. The molecule has 13 nitrogen and oxygen atoms in total. The summed E-state index contributed by atoms with van der Waals surface area (Å²) in [5.41, 5.74) is -0.267. The van der Waals surface area contributed by atoms with Gasteiger partial charge in [-0.15, -0.1) is 10.2 Å². The molecule has 0 unspecified atom stereocenters. The van der Waals surface area contributed by atoms with Crippen molar-refractivity contribution in [2.24, 2.45) is 7.05 Å². The number of nitrogens with one attached hydrogen (secondary N) is 1. The molecule has 0 saturated carbocycles. The van der Waals surface area contributed by atoms with E-state index in [1.54, 1.807) is 11.6 Å². The van der Waals surface area contributed by atoms with Gasteiger partial charge in [0.05, 0.1) is 20.3 Å². The van der Waals surface area contributed by atoms with Crippen molar-refractivity contribution in [2.75, 3.05) is 26.0 Å². The lowest BCUT2D eigenvalue weighted by Gasteiger charge is -2.12. The zero-order chi connectivity index (χ0) is 25.8.